The molecule has 10 nitrogen and oxygen atoms in total. The number of aromatic hydroxyl groups is 2. The summed E-state index contributed by atoms with van der Waals surface area (Å²) in [4.78, 5) is 24.5. The molecule has 2 N–H and O–H groups in total. The summed E-state index contributed by atoms with van der Waals surface area (Å²) in [5.74, 6) is -1.40. The smallest absolute Gasteiger partial charge is 0.265 e. The third-order valence-corrected chi connectivity index (χ3v) is 5.83. The van der Waals surface area contributed by atoms with Gasteiger partial charge in [-0.1, -0.05) is 36.4 Å². The van der Waals surface area contributed by atoms with Crippen molar-refractivity contribution < 1.29 is 19.8 Å². The van der Waals surface area contributed by atoms with Crippen molar-refractivity contribution in [3.63, 3.8) is 0 Å². The summed E-state index contributed by atoms with van der Waals surface area (Å²) in [6.45, 7) is 7.72. The number of benzene rings is 2. The molecule has 0 saturated heterocycles. The minimum Gasteiger partial charge on any atom is -0.493 e. The first-order valence-corrected chi connectivity index (χ1v) is 11.7. The summed E-state index contributed by atoms with van der Waals surface area (Å²) in [6, 6.07) is 14.6. The van der Waals surface area contributed by atoms with E-state index < -0.39 is 11.8 Å². The summed E-state index contributed by atoms with van der Waals surface area (Å²) < 4.78 is 3.42. The van der Waals surface area contributed by atoms with Gasteiger partial charge in [0.1, 0.15) is 0 Å². The van der Waals surface area contributed by atoms with Gasteiger partial charge in [-0.3, -0.25) is 9.59 Å². The lowest BCUT2D eigenvalue weighted by molar-refractivity contribution is -0.123. The van der Waals surface area contributed by atoms with Crippen LogP contribution in [0.25, 0.3) is 21.8 Å². The van der Waals surface area contributed by atoms with Gasteiger partial charge in [-0.2, -0.15) is 0 Å². The van der Waals surface area contributed by atoms with Crippen LogP contribution in [0.5, 0.6) is 11.8 Å². The van der Waals surface area contributed by atoms with E-state index in [-0.39, 0.29) is 48.1 Å². The predicted octanol–water partition coefficient (Wildman–Crippen LogP) is 6.87. The van der Waals surface area contributed by atoms with Gasteiger partial charge in [0.25, 0.3) is 11.8 Å². The van der Waals surface area contributed by atoms with Crippen molar-refractivity contribution in [1.29, 1.82) is 0 Å². The molecule has 0 aliphatic carbocycles. The van der Waals surface area contributed by atoms with E-state index in [1.165, 1.54) is 0 Å². The fourth-order valence-electron chi connectivity index (χ4n) is 4.23. The van der Waals surface area contributed by atoms with E-state index in [2.05, 4.69) is 20.5 Å². The van der Waals surface area contributed by atoms with Gasteiger partial charge in [0.15, 0.2) is 11.4 Å². The van der Waals surface area contributed by atoms with Gasteiger partial charge in [0.2, 0.25) is 11.8 Å². The van der Waals surface area contributed by atoms with Crippen molar-refractivity contribution in [2.45, 2.75) is 52.6 Å². The fourth-order valence-corrected chi connectivity index (χ4v) is 4.23. The SMILES string of the molecule is CC(C)n1c(O)c(N=NC(=O)CCC(=O)N=Nc2c(O)n(C(C)C)c3ccccc23)c2ccccc21. The van der Waals surface area contributed by atoms with Crippen molar-refractivity contribution in [3.05, 3.63) is 48.5 Å². The van der Waals surface area contributed by atoms with E-state index in [1.807, 2.05) is 64.1 Å². The molecule has 0 bridgehead atoms. The van der Waals surface area contributed by atoms with Crippen LogP contribution < -0.4 is 0 Å². The molecular formula is C26H28N6O4. The molecule has 0 fully saturated rings. The lowest BCUT2D eigenvalue weighted by atomic mass is 10.2. The second kappa shape index (κ2) is 10.1. The average molecular weight is 489 g/mol. The number of carbonyl (C=O) groups is 2. The molecule has 2 amide bonds. The molecule has 4 aromatic rings. The maximum atomic E-state index is 12.3. The monoisotopic (exact) mass is 488 g/mol. The number of carbonyl (C=O) groups excluding carboxylic acids is 2. The lowest BCUT2D eigenvalue weighted by Crippen LogP contribution is -1.99. The summed E-state index contributed by atoms with van der Waals surface area (Å²) >= 11 is 0. The zero-order valence-electron chi connectivity index (χ0n) is 20.6. The zero-order valence-corrected chi connectivity index (χ0v) is 20.6. The number of para-hydroxylation sites is 2. The molecule has 0 aliphatic rings. The highest BCUT2D eigenvalue weighted by Crippen LogP contribution is 2.42. The molecule has 0 saturated carbocycles. The Morgan fingerprint density at radius 2 is 1.06 bits per heavy atom. The first kappa shape index (κ1) is 24.8. The van der Waals surface area contributed by atoms with E-state index in [0.717, 1.165) is 11.0 Å². The second-order valence-electron chi connectivity index (χ2n) is 8.99. The number of rotatable bonds is 7. The van der Waals surface area contributed by atoms with Crippen LogP contribution in [0.15, 0.2) is 69.0 Å². The highest BCUT2D eigenvalue weighted by molar-refractivity contribution is 5.96. The number of nitrogens with zero attached hydrogens (tertiary/aromatic N) is 6. The van der Waals surface area contributed by atoms with Crippen LogP contribution in [0.4, 0.5) is 11.4 Å². The van der Waals surface area contributed by atoms with Gasteiger partial charge in [-0.15, -0.1) is 20.5 Å². The van der Waals surface area contributed by atoms with E-state index in [0.29, 0.717) is 10.8 Å². The van der Waals surface area contributed by atoms with E-state index in [4.69, 9.17) is 0 Å². The first-order valence-electron chi connectivity index (χ1n) is 11.7. The van der Waals surface area contributed by atoms with Gasteiger partial charge in [-0.25, -0.2) is 0 Å². The third kappa shape index (κ3) is 4.61. The van der Waals surface area contributed by atoms with Gasteiger partial charge < -0.3 is 19.3 Å². The molecule has 0 atom stereocenters. The Hall–Kier alpha value is -4.34. The standard InChI is InChI=1S/C26H28N6O4/c1-15(2)31-19-11-7-5-9-17(19)23(25(31)35)29-27-21(33)13-14-22(34)28-30-24-18-10-6-8-12-20(18)32(16(3)4)26(24)36/h5-12,15-16,35-36H,13-14H2,1-4H3. The Kier molecular flexibility index (Phi) is 6.96. The summed E-state index contributed by atoms with van der Waals surface area (Å²) in [5, 5.41) is 37.9. The van der Waals surface area contributed by atoms with E-state index in [9.17, 15) is 19.8 Å². The topological polar surface area (TPSA) is 134 Å². The Morgan fingerprint density at radius 3 is 1.42 bits per heavy atom. The largest absolute Gasteiger partial charge is 0.493 e. The highest BCUT2D eigenvalue weighted by Gasteiger charge is 2.20. The van der Waals surface area contributed by atoms with Crippen molar-refractivity contribution in [3.8, 4) is 11.8 Å². The van der Waals surface area contributed by atoms with Crippen LogP contribution in [-0.4, -0.2) is 31.2 Å². The van der Waals surface area contributed by atoms with Crippen LogP contribution in [0.3, 0.4) is 0 Å². The Morgan fingerprint density at radius 1 is 0.694 bits per heavy atom. The molecule has 186 valence electrons. The molecule has 2 aromatic heterocycles. The van der Waals surface area contributed by atoms with Crippen molar-refractivity contribution in [2.24, 2.45) is 20.5 Å². The number of amides is 2. The Labute approximate surface area is 207 Å². The van der Waals surface area contributed by atoms with Crippen LogP contribution in [-0.2, 0) is 9.59 Å². The van der Waals surface area contributed by atoms with E-state index in [1.54, 1.807) is 21.3 Å². The Bertz CT molecular complexity index is 1400. The highest BCUT2D eigenvalue weighted by atomic mass is 16.3. The molecule has 2 heterocycles. The van der Waals surface area contributed by atoms with Crippen LogP contribution in [0.2, 0.25) is 0 Å². The quantitative estimate of drug-likeness (QED) is 0.274. The maximum absolute atomic E-state index is 12.3. The molecule has 0 unspecified atom stereocenters. The van der Waals surface area contributed by atoms with Crippen LogP contribution in [0.1, 0.15) is 52.6 Å². The molecule has 0 aliphatic heterocycles. The van der Waals surface area contributed by atoms with E-state index >= 15 is 0 Å². The summed E-state index contributed by atoms with van der Waals surface area (Å²) in [6.07, 6.45) is -0.435. The van der Waals surface area contributed by atoms with Gasteiger partial charge in [-0.05, 0) is 39.8 Å². The minimum absolute atomic E-state index is 0.0217. The molecular weight excluding hydrogens is 460 g/mol. The normalized spacial score (nSPS) is 12.3. The first-order chi connectivity index (χ1) is 17.2. The molecule has 2 aromatic carbocycles. The number of azo groups is 2. The van der Waals surface area contributed by atoms with Crippen molar-refractivity contribution >= 4 is 45.0 Å². The summed E-state index contributed by atoms with van der Waals surface area (Å²) in [5.41, 5.74) is 1.97. The fraction of sp³-hybridized carbons (Fsp3) is 0.308. The number of aromatic nitrogens is 2. The maximum Gasteiger partial charge on any atom is 0.265 e. The third-order valence-electron chi connectivity index (χ3n) is 5.83. The average Bonchev–Trinajstić information content (AvgIpc) is 3.29. The molecule has 0 spiro atoms. The van der Waals surface area contributed by atoms with Crippen molar-refractivity contribution in [2.75, 3.05) is 0 Å². The van der Waals surface area contributed by atoms with Gasteiger partial charge in [0, 0.05) is 35.7 Å². The van der Waals surface area contributed by atoms with Crippen molar-refractivity contribution in [1.82, 2.24) is 9.13 Å². The molecule has 36 heavy (non-hydrogen) atoms. The minimum atomic E-state index is -0.626. The molecule has 4 rings (SSSR count). The Balaban J connectivity index is 1.46. The van der Waals surface area contributed by atoms with Gasteiger partial charge >= 0.3 is 0 Å². The second-order valence-corrected chi connectivity index (χ2v) is 8.99. The molecule has 0 radical (unpaired) electrons. The number of hydrogen-bond acceptors (Lipinski definition) is 6. The summed E-state index contributed by atoms with van der Waals surface area (Å²) in [7, 11) is 0. The van der Waals surface area contributed by atoms with Gasteiger partial charge in [0.05, 0.1) is 11.0 Å². The molecule has 10 heteroatoms. The van der Waals surface area contributed by atoms with Crippen LogP contribution in [0, 0.1) is 0 Å². The lowest BCUT2D eigenvalue weighted by Gasteiger charge is -2.10. The van der Waals surface area contributed by atoms with Crippen LogP contribution >= 0.6 is 0 Å². The number of hydrogen-bond donors (Lipinski definition) is 2. The predicted molar refractivity (Wildman–Crippen MR) is 136 cm³/mol. The number of fused-ring (bicyclic) bond motifs is 2. The zero-order chi connectivity index (χ0) is 26.0.